The smallest absolute Gasteiger partial charge is 0.462 e. The molecule has 2 aliphatic rings. The fourth-order valence-electron chi connectivity index (χ4n) is 7.38. The number of rotatable bonds is 9. The van der Waals surface area contributed by atoms with Crippen LogP contribution in [0.3, 0.4) is 0 Å². The Morgan fingerprint density at radius 2 is 1.32 bits per heavy atom. The normalized spacial score (nSPS) is 21.7. The van der Waals surface area contributed by atoms with E-state index >= 15 is 0 Å². The minimum atomic E-state index is -5.16. The Morgan fingerprint density at radius 3 is 1.89 bits per heavy atom. The first-order valence-corrected chi connectivity index (χ1v) is 15.1. The fraction of sp³-hybridized carbons (Fsp3) is 0.514. The summed E-state index contributed by atoms with van der Waals surface area (Å²) < 4.78 is 54.4. The first-order valence-electron chi connectivity index (χ1n) is 15.1. The van der Waals surface area contributed by atoms with E-state index in [2.05, 4.69) is 10.8 Å². The minimum Gasteiger partial charge on any atom is -0.462 e. The van der Waals surface area contributed by atoms with Crippen molar-refractivity contribution in [3.05, 3.63) is 54.6 Å². The van der Waals surface area contributed by atoms with Gasteiger partial charge in [-0.25, -0.2) is 0 Å². The van der Waals surface area contributed by atoms with Gasteiger partial charge in [0.25, 0.3) is 0 Å². The Balaban J connectivity index is 1.37. The Labute approximate surface area is 255 Å². The number of benzene rings is 3. The second-order valence-electron chi connectivity index (χ2n) is 14.2. The molecular formula is C35H39F3O6. The molecule has 0 saturated heterocycles. The van der Waals surface area contributed by atoms with Crippen LogP contribution in [0.15, 0.2) is 54.6 Å². The Bertz CT molecular complexity index is 1590. The molecule has 0 amide bonds. The molecule has 2 saturated carbocycles. The van der Waals surface area contributed by atoms with E-state index in [-0.39, 0.29) is 24.9 Å². The summed E-state index contributed by atoms with van der Waals surface area (Å²) in [6, 6.07) is 17.3. The third-order valence-electron chi connectivity index (χ3n) is 9.29. The summed E-state index contributed by atoms with van der Waals surface area (Å²) in [5.74, 6) is -1.69. The van der Waals surface area contributed by atoms with Crippen molar-refractivity contribution in [2.75, 3.05) is 0 Å². The zero-order chi connectivity index (χ0) is 32.1. The lowest BCUT2D eigenvalue weighted by Crippen LogP contribution is -2.45. The van der Waals surface area contributed by atoms with Gasteiger partial charge in [0.2, 0.25) is 0 Å². The van der Waals surface area contributed by atoms with Gasteiger partial charge in [0.1, 0.15) is 11.9 Å². The van der Waals surface area contributed by atoms with E-state index in [1.54, 1.807) is 32.9 Å². The lowest BCUT2D eigenvalue weighted by atomic mass is 9.66. The number of esters is 3. The summed E-state index contributed by atoms with van der Waals surface area (Å²) in [6.07, 6.45) is -2.11. The molecule has 44 heavy (non-hydrogen) atoms. The standard InChI is InChI=1S/C35H39F3O6/c1-32(2,29(39)42-27-13-12-24-16-22-8-6-7-9-23(22)17-26(24)18-27)19-34(5,20-33(3,4)30(40)44-35(36,37)38)31(41)43-28-15-21-10-11-25(28)14-21/h6-9,12-13,16-18,21,25,28H,10-11,14-15,19-20H2,1-5H3. The quantitative estimate of drug-likeness (QED) is 0.137. The van der Waals surface area contributed by atoms with Gasteiger partial charge in [0, 0.05) is 0 Å². The highest BCUT2D eigenvalue weighted by Gasteiger charge is 2.52. The molecular weight excluding hydrogens is 573 g/mol. The van der Waals surface area contributed by atoms with Crippen LogP contribution in [0.4, 0.5) is 13.2 Å². The summed E-state index contributed by atoms with van der Waals surface area (Å²) in [5, 5.41) is 3.99. The molecule has 0 aliphatic heterocycles. The monoisotopic (exact) mass is 612 g/mol. The molecule has 3 aromatic carbocycles. The van der Waals surface area contributed by atoms with E-state index in [0.29, 0.717) is 11.7 Å². The van der Waals surface area contributed by atoms with E-state index < -0.39 is 40.5 Å². The van der Waals surface area contributed by atoms with Crippen LogP contribution in [0.1, 0.15) is 73.1 Å². The van der Waals surface area contributed by atoms with Gasteiger partial charge in [0.05, 0.1) is 16.2 Å². The van der Waals surface area contributed by atoms with Crippen LogP contribution in [0.2, 0.25) is 0 Å². The van der Waals surface area contributed by atoms with Gasteiger partial charge in [-0.3, -0.25) is 14.4 Å². The topological polar surface area (TPSA) is 78.9 Å². The summed E-state index contributed by atoms with van der Waals surface area (Å²) in [4.78, 5) is 40.0. The second-order valence-corrected chi connectivity index (χ2v) is 14.2. The van der Waals surface area contributed by atoms with Gasteiger partial charge in [-0.05, 0) is 131 Å². The third-order valence-corrected chi connectivity index (χ3v) is 9.29. The molecule has 2 bridgehead atoms. The Hall–Kier alpha value is -3.62. The average molecular weight is 613 g/mol. The largest absolute Gasteiger partial charge is 0.575 e. The molecule has 4 atom stereocenters. The van der Waals surface area contributed by atoms with E-state index in [1.807, 2.05) is 36.4 Å². The van der Waals surface area contributed by atoms with Crippen molar-refractivity contribution in [1.82, 2.24) is 0 Å². The summed E-state index contributed by atoms with van der Waals surface area (Å²) in [7, 11) is 0. The van der Waals surface area contributed by atoms with Crippen LogP contribution in [-0.4, -0.2) is 30.4 Å². The number of alkyl halides is 3. The number of fused-ring (bicyclic) bond motifs is 4. The Morgan fingerprint density at radius 1 is 0.727 bits per heavy atom. The summed E-state index contributed by atoms with van der Waals surface area (Å²) in [6.45, 7) is 7.38. The zero-order valence-electron chi connectivity index (χ0n) is 25.8. The van der Waals surface area contributed by atoms with Crippen molar-refractivity contribution < 1.29 is 41.8 Å². The number of hydrogen-bond acceptors (Lipinski definition) is 6. The van der Waals surface area contributed by atoms with Gasteiger partial charge in [-0.1, -0.05) is 30.3 Å². The predicted molar refractivity (Wildman–Crippen MR) is 159 cm³/mol. The highest BCUT2D eigenvalue weighted by atomic mass is 19.4. The summed E-state index contributed by atoms with van der Waals surface area (Å²) >= 11 is 0. The van der Waals surface area contributed by atoms with Gasteiger partial charge in [-0.2, -0.15) is 0 Å². The molecule has 4 unspecified atom stereocenters. The van der Waals surface area contributed by atoms with E-state index in [1.165, 1.54) is 13.8 Å². The van der Waals surface area contributed by atoms with Crippen LogP contribution in [0.25, 0.3) is 21.5 Å². The first-order chi connectivity index (χ1) is 20.4. The van der Waals surface area contributed by atoms with Gasteiger partial charge < -0.3 is 14.2 Å². The molecule has 0 heterocycles. The first kappa shape index (κ1) is 31.8. The second kappa shape index (κ2) is 11.4. The SMILES string of the molecule is CC(C)(CC(C)(CC(C)(C)C(=O)OC(F)(F)F)C(=O)OC1CC2CCC1C2)C(=O)Oc1ccc2cc3ccccc3cc2c1. The van der Waals surface area contributed by atoms with Crippen molar-refractivity contribution in [2.24, 2.45) is 28.1 Å². The number of ether oxygens (including phenoxy) is 3. The van der Waals surface area contributed by atoms with Crippen molar-refractivity contribution in [3.63, 3.8) is 0 Å². The number of carbonyl (C=O) groups is 3. The molecule has 0 spiro atoms. The van der Waals surface area contributed by atoms with Crippen molar-refractivity contribution in [2.45, 2.75) is 85.6 Å². The summed E-state index contributed by atoms with van der Waals surface area (Å²) in [5.41, 5.74) is -4.48. The van der Waals surface area contributed by atoms with Gasteiger partial charge in [-0.15, -0.1) is 13.2 Å². The molecule has 0 N–H and O–H groups in total. The highest BCUT2D eigenvalue weighted by Crippen LogP contribution is 2.49. The zero-order valence-corrected chi connectivity index (χ0v) is 25.8. The van der Waals surface area contributed by atoms with Crippen LogP contribution in [0.5, 0.6) is 5.75 Å². The molecule has 9 heteroatoms. The number of halogens is 3. The fourth-order valence-corrected chi connectivity index (χ4v) is 7.38. The minimum absolute atomic E-state index is 0.126. The van der Waals surface area contributed by atoms with Crippen LogP contribution >= 0.6 is 0 Å². The molecule has 3 aromatic rings. The number of carbonyl (C=O) groups excluding carboxylic acids is 3. The van der Waals surface area contributed by atoms with Gasteiger partial charge >= 0.3 is 24.3 Å². The highest BCUT2D eigenvalue weighted by molar-refractivity contribution is 5.99. The molecule has 236 valence electrons. The molecule has 2 fully saturated rings. The lowest BCUT2D eigenvalue weighted by molar-refractivity contribution is -0.310. The van der Waals surface area contributed by atoms with Gasteiger partial charge in [0.15, 0.2) is 0 Å². The van der Waals surface area contributed by atoms with Crippen molar-refractivity contribution >= 4 is 39.5 Å². The van der Waals surface area contributed by atoms with Crippen LogP contribution < -0.4 is 4.74 Å². The molecule has 0 aromatic heterocycles. The molecule has 0 radical (unpaired) electrons. The maximum absolute atomic E-state index is 13.8. The van der Waals surface area contributed by atoms with E-state index in [9.17, 15) is 27.6 Å². The Kier molecular flexibility index (Phi) is 8.23. The third kappa shape index (κ3) is 6.87. The number of hydrogen-bond donors (Lipinski definition) is 0. The van der Waals surface area contributed by atoms with Crippen molar-refractivity contribution in [3.8, 4) is 5.75 Å². The van der Waals surface area contributed by atoms with Crippen LogP contribution in [-0.2, 0) is 23.9 Å². The molecule has 6 nitrogen and oxygen atoms in total. The maximum Gasteiger partial charge on any atom is 0.575 e. The van der Waals surface area contributed by atoms with E-state index in [0.717, 1.165) is 47.2 Å². The predicted octanol–water partition coefficient (Wildman–Crippen LogP) is 8.53. The van der Waals surface area contributed by atoms with E-state index in [4.69, 9.17) is 9.47 Å². The maximum atomic E-state index is 13.8. The van der Waals surface area contributed by atoms with Crippen LogP contribution in [0, 0.1) is 28.1 Å². The lowest BCUT2D eigenvalue weighted by Gasteiger charge is -2.39. The average Bonchev–Trinajstić information content (AvgIpc) is 3.54. The molecule has 5 rings (SSSR count). The molecule has 2 aliphatic carbocycles. The van der Waals surface area contributed by atoms with Crippen molar-refractivity contribution in [1.29, 1.82) is 0 Å².